The molecule has 1 aromatic heterocycles. The van der Waals surface area contributed by atoms with E-state index in [4.69, 9.17) is 9.84 Å². The first-order valence-electron chi connectivity index (χ1n) is 6.59. The molecule has 0 aromatic carbocycles. The van der Waals surface area contributed by atoms with Gasteiger partial charge in [0, 0.05) is 33.9 Å². The molecule has 8 heteroatoms. The summed E-state index contributed by atoms with van der Waals surface area (Å²) < 4.78 is 7.06. The molecule has 0 amide bonds. The SMILES string of the molecule is COCC1CCN(c2nnc(SCC(=O)O)n2C)CC1. The van der Waals surface area contributed by atoms with Crippen molar-refractivity contribution in [3.8, 4) is 0 Å². The molecular formula is C12H20N4O3S. The first-order chi connectivity index (χ1) is 9.61. The van der Waals surface area contributed by atoms with Crippen LogP contribution in [0, 0.1) is 5.92 Å². The van der Waals surface area contributed by atoms with E-state index < -0.39 is 5.97 Å². The highest BCUT2D eigenvalue weighted by atomic mass is 32.2. The van der Waals surface area contributed by atoms with Crippen LogP contribution in [0.15, 0.2) is 5.16 Å². The number of aromatic nitrogens is 3. The Hall–Kier alpha value is -1.28. The van der Waals surface area contributed by atoms with E-state index in [9.17, 15) is 4.79 Å². The summed E-state index contributed by atoms with van der Waals surface area (Å²) in [6.45, 7) is 2.68. The first-order valence-corrected chi connectivity index (χ1v) is 7.58. The van der Waals surface area contributed by atoms with Gasteiger partial charge in [-0.3, -0.25) is 9.36 Å². The fourth-order valence-electron chi connectivity index (χ4n) is 2.37. The Bertz CT molecular complexity index is 458. The van der Waals surface area contributed by atoms with Gasteiger partial charge in [0.2, 0.25) is 5.95 Å². The molecule has 1 aliphatic rings. The van der Waals surface area contributed by atoms with Crippen LogP contribution in [0.2, 0.25) is 0 Å². The van der Waals surface area contributed by atoms with Gasteiger partial charge in [0.15, 0.2) is 5.16 Å². The standard InChI is InChI=1S/C12H20N4O3S/c1-15-11(13-14-12(15)20-8-10(17)18)16-5-3-9(4-6-16)7-19-2/h9H,3-8H2,1-2H3,(H,17,18). The number of ether oxygens (including phenoxy) is 1. The van der Waals surface area contributed by atoms with Gasteiger partial charge >= 0.3 is 5.97 Å². The molecule has 0 saturated carbocycles. The van der Waals surface area contributed by atoms with Crippen LogP contribution in [-0.2, 0) is 16.6 Å². The number of nitrogens with zero attached hydrogens (tertiary/aromatic N) is 4. The fraction of sp³-hybridized carbons (Fsp3) is 0.750. The predicted molar refractivity (Wildman–Crippen MR) is 76.2 cm³/mol. The van der Waals surface area contributed by atoms with E-state index in [1.807, 2.05) is 11.6 Å². The van der Waals surface area contributed by atoms with Gasteiger partial charge in [-0.05, 0) is 18.8 Å². The van der Waals surface area contributed by atoms with Crippen molar-refractivity contribution < 1.29 is 14.6 Å². The highest BCUT2D eigenvalue weighted by Gasteiger charge is 2.23. The molecular weight excluding hydrogens is 280 g/mol. The Kier molecular flexibility index (Phi) is 5.24. The molecule has 0 bridgehead atoms. The lowest BCUT2D eigenvalue weighted by Crippen LogP contribution is -2.36. The molecule has 0 radical (unpaired) electrons. The van der Waals surface area contributed by atoms with Gasteiger partial charge in [0.05, 0.1) is 5.75 Å². The van der Waals surface area contributed by atoms with Crippen LogP contribution < -0.4 is 4.90 Å². The molecule has 0 aliphatic carbocycles. The molecule has 7 nitrogen and oxygen atoms in total. The summed E-state index contributed by atoms with van der Waals surface area (Å²) in [5, 5.41) is 17.6. The second-order valence-corrected chi connectivity index (χ2v) is 5.85. The van der Waals surface area contributed by atoms with Gasteiger partial charge in [-0.25, -0.2) is 0 Å². The zero-order valence-corrected chi connectivity index (χ0v) is 12.6. The topological polar surface area (TPSA) is 80.5 Å². The number of hydrogen-bond acceptors (Lipinski definition) is 6. The number of carboxylic acid groups (broad SMARTS) is 1. The summed E-state index contributed by atoms with van der Waals surface area (Å²) in [5.74, 6) is 0.584. The van der Waals surface area contributed by atoms with Crippen LogP contribution in [-0.4, -0.2) is 58.4 Å². The minimum Gasteiger partial charge on any atom is -0.481 e. The second kappa shape index (κ2) is 6.94. The number of rotatable bonds is 6. The molecule has 0 spiro atoms. The van der Waals surface area contributed by atoms with E-state index in [2.05, 4.69) is 15.1 Å². The van der Waals surface area contributed by atoms with Crippen LogP contribution in [0.3, 0.4) is 0 Å². The van der Waals surface area contributed by atoms with E-state index in [1.54, 1.807) is 7.11 Å². The van der Waals surface area contributed by atoms with Gasteiger partial charge < -0.3 is 14.7 Å². The lowest BCUT2D eigenvalue weighted by Gasteiger charge is -2.31. The van der Waals surface area contributed by atoms with Crippen LogP contribution in [0.1, 0.15) is 12.8 Å². The number of carbonyl (C=O) groups is 1. The van der Waals surface area contributed by atoms with Crippen molar-refractivity contribution in [1.29, 1.82) is 0 Å². The highest BCUT2D eigenvalue weighted by molar-refractivity contribution is 7.99. The summed E-state index contributed by atoms with van der Waals surface area (Å²) in [7, 11) is 3.61. The maximum absolute atomic E-state index is 10.6. The molecule has 20 heavy (non-hydrogen) atoms. The van der Waals surface area contributed by atoms with Crippen LogP contribution in [0.5, 0.6) is 0 Å². The number of piperidine rings is 1. The maximum atomic E-state index is 10.6. The molecule has 112 valence electrons. The van der Waals surface area contributed by atoms with Crippen molar-refractivity contribution in [2.75, 3.05) is 37.5 Å². The van der Waals surface area contributed by atoms with Crippen LogP contribution in [0.25, 0.3) is 0 Å². The number of anilines is 1. The Morgan fingerprint density at radius 2 is 2.15 bits per heavy atom. The van der Waals surface area contributed by atoms with Crippen molar-refractivity contribution in [2.24, 2.45) is 13.0 Å². The van der Waals surface area contributed by atoms with E-state index in [1.165, 1.54) is 11.8 Å². The summed E-state index contributed by atoms with van der Waals surface area (Å²) in [5.41, 5.74) is 0. The molecule has 0 atom stereocenters. The summed E-state index contributed by atoms with van der Waals surface area (Å²) in [6.07, 6.45) is 2.16. The van der Waals surface area contributed by atoms with E-state index in [0.29, 0.717) is 11.1 Å². The quantitative estimate of drug-likeness (QED) is 0.780. The minimum atomic E-state index is -0.847. The predicted octanol–water partition coefficient (Wildman–Crippen LogP) is 0.855. The summed E-state index contributed by atoms with van der Waals surface area (Å²) >= 11 is 1.19. The number of hydrogen-bond donors (Lipinski definition) is 1. The number of aliphatic carboxylic acids is 1. The van der Waals surface area contributed by atoms with Gasteiger partial charge in [0.25, 0.3) is 0 Å². The average molecular weight is 300 g/mol. The molecule has 2 rings (SSSR count). The van der Waals surface area contributed by atoms with Crippen molar-refractivity contribution >= 4 is 23.7 Å². The first kappa shape index (κ1) is 15.1. The molecule has 1 saturated heterocycles. The molecule has 2 heterocycles. The summed E-state index contributed by atoms with van der Waals surface area (Å²) in [6, 6.07) is 0. The second-order valence-electron chi connectivity index (χ2n) is 4.91. The molecule has 1 fully saturated rings. The van der Waals surface area contributed by atoms with Crippen molar-refractivity contribution in [2.45, 2.75) is 18.0 Å². The van der Waals surface area contributed by atoms with Crippen LogP contribution >= 0.6 is 11.8 Å². The van der Waals surface area contributed by atoms with E-state index in [0.717, 1.165) is 38.5 Å². The van der Waals surface area contributed by atoms with Crippen molar-refractivity contribution in [3.63, 3.8) is 0 Å². The van der Waals surface area contributed by atoms with Crippen LogP contribution in [0.4, 0.5) is 5.95 Å². The third-order valence-corrected chi connectivity index (χ3v) is 4.44. The Balaban J connectivity index is 1.95. The van der Waals surface area contributed by atoms with Crippen molar-refractivity contribution in [1.82, 2.24) is 14.8 Å². The minimum absolute atomic E-state index is 0.00187. The normalized spacial score (nSPS) is 16.6. The van der Waals surface area contributed by atoms with E-state index in [-0.39, 0.29) is 5.75 Å². The fourth-order valence-corrected chi connectivity index (χ4v) is 3.00. The number of thioether (sulfide) groups is 1. The highest BCUT2D eigenvalue weighted by Crippen LogP contribution is 2.24. The maximum Gasteiger partial charge on any atom is 0.313 e. The average Bonchev–Trinajstić information content (AvgIpc) is 2.79. The molecule has 1 aliphatic heterocycles. The monoisotopic (exact) mass is 300 g/mol. The Morgan fingerprint density at radius 1 is 1.45 bits per heavy atom. The molecule has 0 unspecified atom stereocenters. The number of carboxylic acids is 1. The number of methoxy groups -OCH3 is 1. The van der Waals surface area contributed by atoms with Gasteiger partial charge in [0.1, 0.15) is 0 Å². The van der Waals surface area contributed by atoms with Gasteiger partial charge in [-0.15, -0.1) is 10.2 Å². The Morgan fingerprint density at radius 3 is 2.75 bits per heavy atom. The van der Waals surface area contributed by atoms with Gasteiger partial charge in [-0.1, -0.05) is 11.8 Å². The largest absolute Gasteiger partial charge is 0.481 e. The Labute approximate surface area is 122 Å². The molecule has 1 aromatic rings. The summed E-state index contributed by atoms with van der Waals surface area (Å²) in [4.78, 5) is 12.8. The third kappa shape index (κ3) is 3.63. The van der Waals surface area contributed by atoms with Crippen molar-refractivity contribution in [3.05, 3.63) is 0 Å². The lowest BCUT2D eigenvalue weighted by molar-refractivity contribution is -0.133. The smallest absolute Gasteiger partial charge is 0.313 e. The zero-order valence-electron chi connectivity index (χ0n) is 11.8. The van der Waals surface area contributed by atoms with Gasteiger partial charge in [-0.2, -0.15) is 0 Å². The third-order valence-electron chi connectivity index (χ3n) is 3.44. The lowest BCUT2D eigenvalue weighted by atomic mass is 9.98. The van der Waals surface area contributed by atoms with E-state index >= 15 is 0 Å². The molecule has 1 N–H and O–H groups in total. The zero-order chi connectivity index (χ0) is 14.5.